The molecule has 0 spiro atoms. The van der Waals surface area contributed by atoms with Gasteiger partial charge < -0.3 is 9.42 Å². The molecule has 2 fully saturated rings. The Hall–Kier alpha value is -1.43. The van der Waals surface area contributed by atoms with Crippen LogP contribution in [-0.4, -0.2) is 51.5 Å². The van der Waals surface area contributed by atoms with Gasteiger partial charge in [-0.1, -0.05) is 31.8 Å². The Morgan fingerprint density at radius 3 is 2.62 bits per heavy atom. The molecule has 6 nitrogen and oxygen atoms in total. The second-order valence-corrected chi connectivity index (χ2v) is 8.44. The SMILES string of the molecule is CC(=O)N1CCCCC[C@@H]1C1CCN(Cc2nc(CC(C)C)no2)CC1. The topological polar surface area (TPSA) is 62.5 Å². The standard InChI is InChI=1S/C20H34N4O2/c1-15(2)13-19-21-20(26-22-19)14-23-11-8-17(9-12-23)18-7-5-4-6-10-24(18)16(3)25/h15,17-18H,4-14H2,1-3H3/t18-/m1/s1. The largest absolute Gasteiger partial charge is 0.340 e. The molecule has 3 rings (SSSR count). The van der Waals surface area contributed by atoms with Crippen LogP contribution in [0.3, 0.4) is 0 Å². The first-order valence-electron chi connectivity index (χ1n) is 10.3. The zero-order valence-corrected chi connectivity index (χ0v) is 16.6. The molecule has 0 N–H and O–H groups in total. The molecule has 0 aliphatic carbocycles. The summed E-state index contributed by atoms with van der Waals surface area (Å²) >= 11 is 0. The van der Waals surface area contributed by atoms with Gasteiger partial charge in [0.2, 0.25) is 11.8 Å². The maximum absolute atomic E-state index is 12.1. The molecule has 26 heavy (non-hydrogen) atoms. The molecule has 2 aliphatic heterocycles. The second-order valence-electron chi connectivity index (χ2n) is 8.44. The van der Waals surface area contributed by atoms with E-state index in [1.807, 2.05) is 0 Å². The molecule has 1 aromatic rings. The summed E-state index contributed by atoms with van der Waals surface area (Å²) in [6.07, 6.45) is 8.03. The van der Waals surface area contributed by atoms with Crippen LogP contribution < -0.4 is 0 Å². The van der Waals surface area contributed by atoms with Gasteiger partial charge in [0, 0.05) is 25.9 Å². The summed E-state index contributed by atoms with van der Waals surface area (Å²) in [6, 6.07) is 0.443. The number of aromatic nitrogens is 2. The zero-order valence-electron chi connectivity index (χ0n) is 16.6. The van der Waals surface area contributed by atoms with Gasteiger partial charge in [-0.05, 0) is 50.6 Å². The monoisotopic (exact) mass is 362 g/mol. The summed E-state index contributed by atoms with van der Waals surface area (Å²) in [5.41, 5.74) is 0. The fraction of sp³-hybridized carbons (Fsp3) is 0.850. The zero-order chi connectivity index (χ0) is 18.5. The van der Waals surface area contributed by atoms with Crippen molar-refractivity contribution in [2.45, 2.75) is 78.3 Å². The van der Waals surface area contributed by atoms with E-state index in [0.717, 1.165) is 63.6 Å². The number of hydrogen-bond acceptors (Lipinski definition) is 5. The van der Waals surface area contributed by atoms with Gasteiger partial charge in [-0.25, -0.2) is 0 Å². The summed E-state index contributed by atoms with van der Waals surface area (Å²) in [5.74, 6) is 2.98. The van der Waals surface area contributed by atoms with Crippen molar-refractivity contribution in [3.05, 3.63) is 11.7 Å². The van der Waals surface area contributed by atoms with Crippen molar-refractivity contribution in [1.82, 2.24) is 19.9 Å². The highest BCUT2D eigenvalue weighted by atomic mass is 16.5. The number of piperidine rings is 1. The van der Waals surface area contributed by atoms with Crippen LogP contribution in [0.5, 0.6) is 0 Å². The Morgan fingerprint density at radius 2 is 1.92 bits per heavy atom. The number of amides is 1. The van der Waals surface area contributed by atoms with Crippen LogP contribution in [-0.2, 0) is 17.8 Å². The van der Waals surface area contributed by atoms with E-state index < -0.39 is 0 Å². The molecule has 0 bridgehead atoms. The smallest absolute Gasteiger partial charge is 0.240 e. The third-order valence-electron chi connectivity index (χ3n) is 5.84. The quantitative estimate of drug-likeness (QED) is 0.804. The van der Waals surface area contributed by atoms with Gasteiger partial charge in [-0.3, -0.25) is 9.69 Å². The van der Waals surface area contributed by atoms with Crippen LogP contribution in [0.1, 0.15) is 71.0 Å². The Labute approximate surface area is 157 Å². The van der Waals surface area contributed by atoms with Crippen molar-refractivity contribution in [2.24, 2.45) is 11.8 Å². The average molecular weight is 363 g/mol. The average Bonchev–Trinajstić information content (AvgIpc) is 2.88. The Balaban J connectivity index is 1.51. The maximum Gasteiger partial charge on any atom is 0.240 e. The number of nitrogens with zero attached hydrogens (tertiary/aromatic N) is 4. The van der Waals surface area contributed by atoms with Gasteiger partial charge >= 0.3 is 0 Å². The van der Waals surface area contributed by atoms with Crippen LogP contribution in [0, 0.1) is 11.8 Å². The lowest BCUT2D eigenvalue weighted by molar-refractivity contribution is -0.132. The lowest BCUT2D eigenvalue weighted by Crippen LogP contribution is -2.47. The van der Waals surface area contributed by atoms with Gasteiger partial charge in [-0.2, -0.15) is 4.98 Å². The molecule has 0 saturated carbocycles. The summed E-state index contributed by atoms with van der Waals surface area (Å²) in [6.45, 7) is 9.86. The first kappa shape index (κ1) is 19.3. The second kappa shape index (κ2) is 8.98. The van der Waals surface area contributed by atoms with Crippen molar-refractivity contribution >= 4 is 5.91 Å². The van der Waals surface area contributed by atoms with E-state index in [0.29, 0.717) is 17.9 Å². The van der Waals surface area contributed by atoms with Gasteiger partial charge in [0.25, 0.3) is 0 Å². The number of carbonyl (C=O) groups is 1. The summed E-state index contributed by atoms with van der Waals surface area (Å²) in [4.78, 5) is 21.2. The highest BCUT2D eigenvalue weighted by Crippen LogP contribution is 2.30. The summed E-state index contributed by atoms with van der Waals surface area (Å²) in [7, 11) is 0. The van der Waals surface area contributed by atoms with Crippen molar-refractivity contribution in [3.63, 3.8) is 0 Å². The molecule has 2 aliphatic rings. The maximum atomic E-state index is 12.1. The van der Waals surface area contributed by atoms with Crippen LogP contribution in [0.25, 0.3) is 0 Å². The molecule has 1 amide bonds. The van der Waals surface area contributed by atoms with E-state index in [1.54, 1.807) is 6.92 Å². The van der Waals surface area contributed by atoms with Gasteiger partial charge in [-0.15, -0.1) is 0 Å². The minimum Gasteiger partial charge on any atom is -0.340 e. The third-order valence-corrected chi connectivity index (χ3v) is 5.84. The molecule has 6 heteroatoms. The fourth-order valence-corrected chi connectivity index (χ4v) is 4.50. The Kier molecular flexibility index (Phi) is 6.68. The van der Waals surface area contributed by atoms with Crippen molar-refractivity contribution in [1.29, 1.82) is 0 Å². The van der Waals surface area contributed by atoms with E-state index >= 15 is 0 Å². The molecule has 3 heterocycles. The van der Waals surface area contributed by atoms with Crippen LogP contribution in [0.2, 0.25) is 0 Å². The predicted molar refractivity (Wildman–Crippen MR) is 100 cm³/mol. The molecular formula is C20H34N4O2. The van der Waals surface area contributed by atoms with E-state index in [1.165, 1.54) is 19.3 Å². The van der Waals surface area contributed by atoms with Gasteiger partial charge in [0.05, 0.1) is 6.54 Å². The molecule has 0 radical (unpaired) electrons. The lowest BCUT2D eigenvalue weighted by atomic mass is 9.86. The number of carbonyl (C=O) groups excluding carboxylic acids is 1. The van der Waals surface area contributed by atoms with Gasteiger partial charge in [0.1, 0.15) is 0 Å². The lowest BCUT2D eigenvalue weighted by Gasteiger charge is -2.40. The van der Waals surface area contributed by atoms with Gasteiger partial charge in [0.15, 0.2) is 5.82 Å². The normalized spacial score (nSPS) is 23.4. The molecule has 0 aromatic carbocycles. The van der Waals surface area contributed by atoms with E-state index in [2.05, 4.69) is 33.8 Å². The van der Waals surface area contributed by atoms with Crippen LogP contribution in [0.15, 0.2) is 4.52 Å². The molecule has 1 aromatic heterocycles. The third kappa shape index (κ3) is 5.06. The van der Waals surface area contributed by atoms with Crippen LogP contribution >= 0.6 is 0 Å². The fourth-order valence-electron chi connectivity index (χ4n) is 4.50. The highest BCUT2D eigenvalue weighted by Gasteiger charge is 2.33. The first-order valence-corrected chi connectivity index (χ1v) is 10.3. The van der Waals surface area contributed by atoms with Crippen LogP contribution in [0.4, 0.5) is 0 Å². The number of likely N-dealkylation sites (tertiary alicyclic amines) is 2. The summed E-state index contributed by atoms with van der Waals surface area (Å²) in [5, 5.41) is 4.09. The van der Waals surface area contributed by atoms with Crippen molar-refractivity contribution in [3.8, 4) is 0 Å². The summed E-state index contributed by atoms with van der Waals surface area (Å²) < 4.78 is 5.42. The molecule has 2 saturated heterocycles. The number of rotatable bonds is 5. The van der Waals surface area contributed by atoms with Crippen molar-refractivity contribution in [2.75, 3.05) is 19.6 Å². The molecular weight excluding hydrogens is 328 g/mol. The van der Waals surface area contributed by atoms with E-state index in [9.17, 15) is 4.79 Å². The highest BCUT2D eigenvalue weighted by molar-refractivity contribution is 5.73. The Bertz CT molecular complexity index is 578. The van der Waals surface area contributed by atoms with Crippen molar-refractivity contribution < 1.29 is 9.32 Å². The molecule has 0 unspecified atom stereocenters. The predicted octanol–water partition coefficient (Wildman–Crippen LogP) is 3.27. The van der Waals surface area contributed by atoms with E-state index in [-0.39, 0.29) is 5.91 Å². The number of hydrogen-bond donors (Lipinski definition) is 0. The van der Waals surface area contributed by atoms with E-state index in [4.69, 9.17) is 4.52 Å². The molecule has 1 atom stereocenters. The first-order chi connectivity index (χ1) is 12.5. The molecule has 146 valence electrons. The minimum atomic E-state index is 0.253. The Morgan fingerprint density at radius 1 is 1.15 bits per heavy atom. The minimum absolute atomic E-state index is 0.253.